The molecule has 1 aromatic heterocycles. The van der Waals surface area contributed by atoms with E-state index in [1.807, 2.05) is 43.3 Å². The maximum Gasteiger partial charge on any atom is 0.336 e. The van der Waals surface area contributed by atoms with Crippen LogP contribution < -0.4 is 5.32 Å². The predicted molar refractivity (Wildman–Crippen MR) is 135 cm³/mol. The summed E-state index contributed by atoms with van der Waals surface area (Å²) < 4.78 is 10.8. The smallest absolute Gasteiger partial charge is 0.336 e. The molecule has 1 aliphatic heterocycles. The third-order valence-electron chi connectivity index (χ3n) is 6.65. The molecule has 0 bridgehead atoms. The molecule has 1 aliphatic carbocycles. The first-order valence-electron chi connectivity index (χ1n) is 12.6. The second-order valence-electron chi connectivity index (χ2n) is 8.88. The first-order valence-corrected chi connectivity index (χ1v) is 12.6. The van der Waals surface area contributed by atoms with E-state index in [2.05, 4.69) is 10.3 Å². The van der Waals surface area contributed by atoms with Gasteiger partial charge in [-0.05, 0) is 44.4 Å². The van der Waals surface area contributed by atoms with E-state index in [1.165, 1.54) is 0 Å². The van der Waals surface area contributed by atoms with Crippen molar-refractivity contribution in [2.75, 3.05) is 13.2 Å². The highest BCUT2D eigenvalue weighted by molar-refractivity contribution is 6.13. The molecule has 2 heterocycles. The Bertz CT molecular complexity index is 1190. The highest BCUT2D eigenvalue weighted by Gasteiger charge is 2.49. The molecule has 2 aromatic rings. The van der Waals surface area contributed by atoms with Gasteiger partial charge in [-0.15, -0.1) is 0 Å². The average Bonchev–Trinajstić information content (AvgIpc) is 2.89. The highest BCUT2D eigenvalue weighted by Crippen LogP contribution is 2.48. The van der Waals surface area contributed by atoms with Crippen LogP contribution in [0.4, 0.5) is 0 Å². The minimum absolute atomic E-state index is 0.173. The molecular formula is C29H32N2O5. The summed E-state index contributed by atoms with van der Waals surface area (Å²) in [4.78, 5) is 45.2. The molecule has 0 saturated carbocycles. The molecule has 7 heteroatoms. The fraction of sp³-hybridized carbons (Fsp3) is 0.379. The number of carbonyl (C=O) groups excluding carboxylic acids is 3. The van der Waals surface area contributed by atoms with Gasteiger partial charge in [0, 0.05) is 29.1 Å². The molecule has 0 spiro atoms. The number of ether oxygens (including phenoxy) is 2. The van der Waals surface area contributed by atoms with Gasteiger partial charge < -0.3 is 14.8 Å². The number of dihydropyridines is 1. The minimum atomic E-state index is -1.02. The Morgan fingerprint density at radius 3 is 2.36 bits per heavy atom. The lowest BCUT2D eigenvalue weighted by Gasteiger charge is -2.39. The predicted octanol–water partition coefficient (Wildman–Crippen LogP) is 4.58. The number of benzene rings is 1. The average molecular weight is 489 g/mol. The van der Waals surface area contributed by atoms with Crippen molar-refractivity contribution in [3.8, 4) is 0 Å². The van der Waals surface area contributed by atoms with Crippen molar-refractivity contribution < 1.29 is 23.9 Å². The monoisotopic (exact) mass is 488 g/mol. The summed E-state index contributed by atoms with van der Waals surface area (Å²) in [5.41, 5.74) is 3.69. The van der Waals surface area contributed by atoms with E-state index in [0.29, 0.717) is 29.7 Å². The fourth-order valence-electron chi connectivity index (χ4n) is 5.20. The SMILES string of the molecule is CCCC1=C(C(=O)OCC)[C@H](c2ccccn2)C2=C(C[C@H](c3ccccc3)[C@H](C(=O)OCC)C2=O)N1. The van der Waals surface area contributed by atoms with E-state index in [9.17, 15) is 14.4 Å². The number of allylic oxidation sites excluding steroid dienone is 3. The molecular weight excluding hydrogens is 456 g/mol. The van der Waals surface area contributed by atoms with E-state index >= 15 is 0 Å². The maximum absolute atomic E-state index is 14.2. The number of Topliss-reactive ketones (excluding diaryl/α,β-unsaturated/α-hetero) is 1. The summed E-state index contributed by atoms with van der Waals surface area (Å²) in [5, 5.41) is 3.42. The molecule has 2 aliphatic rings. The molecule has 1 aromatic carbocycles. The van der Waals surface area contributed by atoms with Gasteiger partial charge in [0.2, 0.25) is 0 Å². The number of pyridine rings is 1. The zero-order chi connectivity index (χ0) is 25.7. The number of hydrogen-bond acceptors (Lipinski definition) is 7. The fourth-order valence-corrected chi connectivity index (χ4v) is 5.20. The van der Waals surface area contributed by atoms with Crippen molar-refractivity contribution >= 4 is 17.7 Å². The zero-order valence-corrected chi connectivity index (χ0v) is 21.0. The Balaban J connectivity index is 1.91. The van der Waals surface area contributed by atoms with Crippen LogP contribution in [0.25, 0.3) is 0 Å². The van der Waals surface area contributed by atoms with Gasteiger partial charge >= 0.3 is 11.9 Å². The Morgan fingerprint density at radius 2 is 1.72 bits per heavy atom. The molecule has 0 radical (unpaired) electrons. The number of nitrogens with zero attached hydrogens (tertiary/aromatic N) is 1. The summed E-state index contributed by atoms with van der Waals surface area (Å²) in [6, 6.07) is 15.0. The van der Waals surface area contributed by atoms with Gasteiger partial charge in [0.25, 0.3) is 0 Å². The number of carbonyl (C=O) groups is 3. The summed E-state index contributed by atoms with van der Waals surface area (Å²) in [7, 11) is 0. The molecule has 4 rings (SSSR count). The molecule has 0 unspecified atom stereocenters. The molecule has 36 heavy (non-hydrogen) atoms. The van der Waals surface area contributed by atoms with Gasteiger partial charge in [0.05, 0.1) is 30.4 Å². The normalized spacial score (nSPS) is 21.5. The van der Waals surface area contributed by atoms with Gasteiger partial charge in [-0.1, -0.05) is 49.7 Å². The van der Waals surface area contributed by atoms with Gasteiger partial charge in [0.15, 0.2) is 5.78 Å². The third kappa shape index (κ3) is 4.83. The zero-order valence-electron chi connectivity index (χ0n) is 21.0. The van der Waals surface area contributed by atoms with Crippen molar-refractivity contribution in [1.82, 2.24) is 10.3 Å². The summed E-state index contributed by atoms with van der Waals surface area (Å²) >= 11 is 0. The van der Waals surface area contributed by atoms with Crippen LogP contribution in [0.3, 0.4) is 0 Å². The number of nitrogens with one attached hydrogen (secondary N) is 1. The Morgan fingerprint density at radius 1 is 1.00 bits per heavy atom. The van der Waals surface area contributed by atoms with Crippen LogP contribution in [-0.4, -0.2) is 35.9 Å². The second-order valence-corrected chi connectivity index (χ2v) is 8.88. The lowest BCUT2D eigenvalue weighted by molar-refractivity contribution is -0.152. The first-order chi connectivity index (χ1) is 17.5. The molecule has 1 N–H and O–H groups in total. The highest BCUT2D eigenvalue weighted by atomic mass is 16.5. The Labute approximate surface area is 211 Å². The summed E-state index contributed by atoms with van der Waals surface area (Å²) in [6.45, 7) is 5.89. The number of esters is 2. The van der Waals surface area contributed by atoms with Crippen molar-refractivity contribution in [2.24, 2.45) is 5.92 Å². The van der Waals surface area contributed by atoms with Crippen LogP contribution >= 0.6 is 0 Å². The minimum Gasteiger partial charge on any atom is -0.465 e. The van der Waals surface area contributed by atoms with E-state index < -0.39 is 23.8 Å². The van der Waals surface area contributed by atoms with Crippen molar-refractivity contribution in [1.29, 1.82) is 0 Å². The van der Waals surface area contributed by atoms with E-state index in [-0.39, 0.29) is 24.9 Å². The van der Waals surface area contributed by atoms with Crippen LogP contribution in [0, 0.1) is 5.92 Å². The van der Waals surface area contributed by atoms with E-state index in [1.54, 1.807) is 32.2 Å². The second kappa shape index (κ2) is 11.3. The lowest BCUT2D eigenvalue weighted by atomic mass is 9.67. The van der Waals surface area contributed by atoms with Crippen molar-refractivity contribution in [3.63, 3.8) is 0 Å². The molecule has 7 nitrogen and oxygen atoms in total. The van der Waals surface area contributed by atoms with E-state index in [4.69, 9.17) is 9.47 Å². The largest absolute Gasteiger partial charge is 0.465 e. The number of ketones is 1. The van der Waals surface area contributed by atoms with E-state index in [0.717, 1.165) is 23.4 Å². The molecule has 0 amide bonds. The van der Waals surface area contributed by atoms with Gasteiger partial charge in [-0.3, -0.25) is 14.6 Å². The summed E-state index contributed by atoms with van der Waals surface area (Å²) in [5.74, 6) is -3.52. The van der Waals surface area contributed by atoms with Crippen LogP contribution in [-0.2, 0) is 23.9 Å². The lowest BCUT2D eigenvalue weighted by Crippen LogP contribution is -2.44. The van der Waals surface area contributed by atoms with Gasteiger partial charge in [-0.2, -0.15) is 0 Å². The van der Waals surface area contributed by atoms with Crippen LogP contribution in [0.2, 0.25) is 0 Å². The molecule has 3 atom stereocenters. The Hall–Kier alpha value is -3.74. The standard InChI is InChI=1S/C29H32N2O5/c1-4-12-21-26(29(34)36-6-3)24(20-15-10-11-16-30-20)25-22(31-21)17-19(18-13-8-7-9-14-18)23(27(25)32)28(33)35-5-2/h7-11,13-16,19,23-24,31H,4-6,12,17H2,1-3H3/t19-,23+,24-/m1/s1. The topological polar surface area (TPSA) is 94.6 Å². The molecule has 188 valence electrons. The van der Waals surface area contributed by atoms with Crippen LogP contribution in [0.5, 0.6) is 0 Å². The number of hydrogen-bond donors (Lipinski definition) is 1. The Kier molecular flexibility index (Phi) is 7.98. The van der Waals surface area contributed by atoms with Crippen LogP contribution in [0.15, 0.2) is 77.3 Å². The van der Waals surface area contributed by atoms with Gasteiger partial charge in [-0.25, -0.2) is 4.79 Å². The van der Waals surface area contributed by atoms with Crippen LogP contribution in [0.1, 0.15) is 63.1 Å². The maximum atomic E-state index is 14.2. The molecule has 0 saturated heterocycles. The first kappa shape index (κ1) is 25.4. The molecule has 0 fully saturated rings. The number of aromatic nitrogens is 1. The third-order valence-corrected chi connectivity index (χ3v) is 6.65. The van der Waals surface area contributed by atoms with Crippen molar-refractivity contribution in [3.05, 3.63) is 88.5 Å². The number of rotatable bonds is 8. The van der Waals surface area contributed by atoms with Crippen molar-refractivity contribution in [2.45, 2.75) is 51.9 Å². The summed E-state index contributed by atoms with van der Waals surface area (Å²) in [6.07, 6.45) is 3.48. The quantitative estimate of drug-likeness (QED) is 0.429. The van der Waals surface area contributed by atoms with Gasteiger partial charge in [0.1, 0.15) is 5.92 Å².